The first-order valence-corrected chi connectivity index (χ1v) is 11.2. The molecule has 0 bridgehead atoms. The van der Waals surface area contributed by atoms with E-state index in [4.69, 9.17) is 4.74 Å². The molecule has 2 N–H and O–H groups in total. The van der Waals surface area contributed by atoms with Gasteiger partial charge in [0.05, 0.1) is 23.6 Å². The van der Waals surface area contributed by atoms with Crippen LogP contribution in [-0.2, 0) is 10.0 Å². The molecule has 0 aliphatic heterocycles. The van der Waals surface area contributed by atoms with Crippen LogP contribution in [0.3, 0.4) is 0 Å². The zero-order valence-electron chi connectivity index (χ0n) is 16.8. The fraction of sp³-hybridized carbons (Fsp3) is 0.381. The maximum absolute atomic E-state index is 13.0. The second-order valence-corrected chi connectivity index (χ2v) is 9.09. The average Bonchev–Trinajstić information content (AvgIpc) is 2.73. The molecule has 1 saturated carbocycles. The molecule has 1 fully saturated rings. The van der Waals surface area contributed by atoms with Gasteiger partial charge in [0.2, 0.25) is 0 Å². The minimum absolute atomic E-state index is 0.0650. The van der Waals surface area contributed by atoms with Crippen LogP contribution in [-0.4, -0.2) is 33.7 Å². The van der Waals surface area contributed by atoms with E-state index in [9.17, 15) is 26.4 Å². The van der Waals surface area contributed by atoms with Gasteiger partial charge in [0.1, 0.15) is 5.75 Å². The van der Waals surface area contributed by atoms with Gasteiger partial charge in [-0.15, -0.1) is 0 Å². The topological polar surface area (TPSA) is 84.5 Å². The Kier molecular flexibility index (Phi) is 6.78. The van der Waals surface area contributed by atoms with E-state index >= 15 is 0 Å². The summed E-state index contributed by atoms with van der Waals surface area (Å²) >= 11 is 0. The van der Waals surface area contributed by atoms with Crippen molar-refractivity contribution >= 4 is 21.6 Å². The molecule has 3 rings (SSSR count). The smallest absolute Gasteiger partial charge is 0.391 e. The average molecular weight is 456 g/mol. The van der Waals surface area contributed by atoms with E-state index in [-0.39, 0.29) is 29.0 Å². The second kappa shape index (κ2) is 9.17. The Morgan fingerprint density at radius 3 is 2.39 bits per heavy atom. The number of alkyl halides is 3. The molecule has 10 heteroatoms. The third-order valence-electron chi connectivity index (χ3n) is 5.25. The number of carbonyl (C=O) groups excluding carboxylic acids is 1. The SMILES string of the molecule is COc1ccccc1NS(=O)(=O)c1ccc(C(=O)NC2CCCC(C(F)(F)F)C2)cc1. The summed E-state index contributed by atoms with van der Waals surface area (Å²) in [4.78, 5) is 12.4. The van der Waals surface area contributed by atoms with E-state index in [1.807, 2.05) is 0 Å². The number of carbonyl (C=O) groups is 1. The minimum atomic E-state index is -4.27. The van der Waals surface area contributed by atoms with Gasteiger partial charge in [-0.05, 0) is 55.7 Å². The van der Waals surface area contributed by atoms with Gasteiger partial charge in [0.25, 0.3) is 15.9 Å². The molecule has 0 heterocycles. The molecule has 6 nitrogen and oxygen atoms in total. The third kappa shape index (κ3) is 5.69. The minimum Gasteiger partial charge on any atom is -0.495 e. The van der Waals surface area contributed by atoms with E-state index in [0.29, 0.717) is 18.6 Å². The maximum atomic E-state index is 13.0. The quantitative estimate of drug-likeness (QED) is 0.677. The summed E-state index contributed by atoms with van der Waals surface area (Å²) in [6.45, 7) is 0. The Bertz CT molecular complexity index is 1020. The van der Waals surface area contributed by atoms with E-state index in [2.05, 4.69) is 10.0 Å². The fourth-order valence-corrected chi connectivity index (χ4v) is 4.68. The molecule has 2 aromatic carbocycles. The van der Waals surface area contributed by atoms with Gasteiger partial charge >= 0.3 is 6.18 Å². The summed E-state index contributed by atoms with van der Waals surface area (Å²) in [5.41, 5.74) is 0.439. The van der Waals surface area contributed by atoms with Crippen LogP contribution in [0.15, 0.2) is 53.4 Å². The molecule has 1 aliphatic carbocycles. The number of para-hydroxylation sites is 2. The summed E-state index contributed by atoms with van der Waals surface area (Å²) < 4.78 is 71.7. The molecule has 2 aromatic rings. The summed E-state index contributed by atoms with van der Waals surface area (Å²) in [6, 6.07) is 11.2. The van der Waals surface area contributed by atoms with Crippen LogP contribution in [0.5, 0.6) is 5.75 Å². The number of anilines is 1. The molecular weight excluding hydrogens is 433 g/mol. The number of halogens is 3. The van der Waals surface area contributed by atoms with Crippen molar-refractivity contribution in [3.8, 4) is 5.75 Å². The van der Waals surface area contributed by atoms with Gasteiger partial charge < -0.3 is 10.1 Å². The lowest BCUT2D eigenvalue weighted by atomic mass is 9.85. The molecule has 0 spiro atoms. The molecule has 2 atom stereocenters. The first kappa shape index (κ1) is 22.9. The number of methoxy groups -OCH3 is 1. The van der Waals surface area contributed by atoms with Crippen LogP contribution in [0, 0.1) is 5.92 Å². The first-order valence-electron chi connectivity index (χ1n) is 9.73. The van der Waals surface area contributed by atoms with E-state index in [0.717, 1.165) is 0 Å². The van der Waals surface area contributed by atoms with Gasteiger partial charge in [-0.1, -0.05) is 18.6 Å². The Hall–Kier alpha value is -2.75. The van der Waals surface area contributed by atoms with Crippen molar-refractivity contribution in [3.63, 3.8) is 0 Å². The van der Waals surface area contributed by atoms with Gasteiger partial charge in [-0.2, -0.15) is 13.2 Å². The number of hydrogen-bond donors (Lipinski definition) is 2. The zero-order chi connectivity index (χ0) is 22.6. The third-order valence-corrected chi connectivity index (χ3v) is 6.63. The molecule has 31 heavy (non-hydrogen) atoms. The van der Waals surface area contributed by atoms with E-state index in [1.54, 1.807) is 24.3 Å². The molecule has 0 radical (unpaired) electrons. The monoisotopic (exact) mass is 456 g/mol. The van der Waals surface area contributed by atoms with Gasteiger partial charge in [-0.3, -0.25) is 9.52 Å². The van der Waals surface area contributed by atoms with Crippen molar-refractivity contribution in [2.24, 2.45) is 5.92 Å². The first-order chi connectivity index (χ1) is 14.6. The van der Waals surface area contributed by atoms with Crippen LogP contribution in [0.25, 0.3) is 0 Å². The van der Waals surface area contributed by atoms with Gasteiger partial charge in [0.15, 0.2) is 0 Å². The molecule has 168 valence electrons. The summed E-state index contributed by atoms with van der Waals surface area (Å²) in [6.07, 6.45) is -3.48. The lowest BCUT2D eigenvalue weighted by molar-refractivity contribution is -0.183. The van der Waals surface area contributed by atoms with Gasteiger partial charge in [-0.25, -0.2) is 8.42 Å². The number of benzene rings is 2. The van der Waals surface area contributed by atoms with E-state index in [1.165, 1.54) is 31.4 Å². The number of sulfonamides is 1. The van der Waals surface area contributed by atoms with Crippen LogP contribution >= 0.6 is 0 Å². The predicted octanol–water partition coefficient (Wildman–Crippen LogP) is 4.35. The van der Waals surface area contributed by atoms with Crippen molar-refractivity contribution in [3.05, 3.63) is 54.1 Å². The van der Waals surface area contributed by atoms with Crippen LogP contribution < -0.4 is 14.8 Å². The highest BCUT2D eigenvalue weighted by Gasteiger charge is 2.42. The molecule has 0 aromatic heterocycles. The highest BCUT2D eigenvalue weighted by atomic mass is 32.2. The largest absolute Gasteiger partial charge is 0.495 e. The standard InChI is InChI=1S/C21H23F3N2O4S/c1-30-19-8-3-2-7-18(19)26-31(28,29)17-11-9-14(10-12-17)20(27)25-16-6-4-5-15(13-16)21(22,23)24/h2-3,7-12,15-16,26H,4-6,13H2,1H3,(H,25,27). The number of amides is 1. The normalized spacial score (nSPS) is 19.5. The summed E-state index contributed by atoms with van der Waals surface area (Å²) in [5.74, 6) is -1.60. The highest BCUT2D eigenvalue weighted by Crippen LogP contribution is 2.37. The number of rotatable bonds is 6. The van der Waals surface area contributed by atoms with Crippen LogP contribution in [0.4, 0.5) is 18.9 Å². The summed E-state index contributed by atoms with van der Waals surface area (Å²) in [5, 5.41) is 2.63. The molecule has 2 unspecified atom stereocenters. The van der Waals surface area contributed by atoms with Crippen molar-refractivity contribution in [2.75, 3.05) is 11.8 Å². The number of nitrogens with one attached hydrogen (secondary N) is 2. The van der Waals surface area contributed by atoms with Crippen molar-refractivity contribution < 1.29 is 31.1 Å². The van der Waals surface area contributed by atoms with Crippen LogP contribution in [0.2, 0.25) is 0 Å². The molecular formula is C21H23F3N2O4S. The van der Waals surface area contributed by atoms with Crippen molar-refractivity contribution in [1.82, 2.24) is 5.32 Å². The second-order valence-electron chi connectivity index (χ2n) is 7.41. The maximum Gasteiger partial charge on any atom is 0.391 e. The zero-order valence-corrected chi connectivity index (χ0v) is 17.6. The van der Waals surface area contributed by atoms with E-state index < -0.39 is 34.1 Å². The predicted molar refractivity (Wildman–Crippen MR) is 110 cm³/mol. The molecule has 0 saturated heterocycles. The summed E-state index contributed by atoms with van der Waals surface area (Å²) in [7, 11) is -2.51. The number of hydrogen-bond acceptors (Lipinski definition) is 4. The lowest BCUT2D eigenvalue weighted by Gasteiger charge is -2.31. The van der Waals surface area contributed by atoms with Gasteiger partial charge in [0, 0.05) is 11.6 Å². The fourth-order valence-electron chi connectivity index (χ4n) is 3.61. The highest BCUT2D eigenvalue weighted by molar-refractivity contribution is 7.92. The molecule has 1 amide bonds. The Balaban J connectivity index is 1.67. The number of ether oxygens (including phenoxy) is 1. The molecule has 1 aliphatic rings. The van der Waals surface area contributed by atoms with Crippen LogP contribution in [0.1, 0.15) is 36.0 Å². The van der Waals surface area contributed by atoms with Crippen molar-refractivity contribution in [2.45, 2.75) is 42.8 Å². The Morgan fingerprint density at radius 1 is 1.06 bits per heavy atom. The van der Waals surface area contributed by atoms with Crippen molar-refractivity contribution in [1.29, 1.82) is 0 Å². The Labute approximate surface area is 178 Å². The lowest BCUT2D eigenvalue weighted by Crippen LogP contribution is -2.41. The Morgan fingerprint density at radius 2 is 1.74 bits per heavy atom.